The number of carboxylic acid groups (broad SMARTS) is 1. The minimum absolute atomic E-state index is 0.0790. The fourth-order valence-electron chi connectivity index (χ4n) is 3.13. The molecule has 0 saturated carbocycles. The lowest BCUT2D eigenvalue weighted by Gasteiger charge is -2.34. The summed E-state index contributed by atoms with van der Waals surface area (Å²) in [6.45, 7) is 4.10. The van der Waals surface area contributed by atoms with Gasteiger partial charge in [-0.3, -0.25) is 19.3 Å². The maximum Gasteiger partial charge on any atom is 0.317 e. The molecule has 1 N–H and O–H groups in total. The van der Waals surface area contributed by atoms with Gasteiger partial charge in [-0.1, -0.05) is 0 Å². The zero-order valence-corrected chi connectivity index (χ0v) is 16.4. The average molecular weight is 392 g/mol. The molecule has 0 aliphatic carbocycles. The number of ketones is 1. The number of likely N-dealkylation sites (N-methyl/N-ethyl adjacent to an activating group) is 1. The summed E-state index contributed by atoms with van der Waals surface area (Å²) < 4.78 is 11.0. The number of rotatable bonds is 10. The summed E-state index contributed by atoms with van der Waals surface area (Å²) in [5.74, 6) is -0.364. The molecule has 0 spiro atoms. The van der Waals surface area contributed by atoms with E-state index in [9.17, 15) is 14.4 Å². The van der Waals surface area contributed by atoms with E-state index in [4.69, 9.17) is 14.6 Å². The molecule has 0 bridgehead atoms. The second kappa shape index (κ2) is 10.8. The van der Waals surface area contributed by atoms with E-state index in [2.05, 4.69) is 0 Å². The zero-order chi connectivity index (χ0) is 20.5. The second-order valence-corrected chi connectivity index (χ2v) is 6.80. The minimum Gasteiger partial charge on any atom is -0.494 e. The van der Waals surface area contributed by atoms with E-state index < -0.39 is 5.97 Å². The molecule has 1 aliphatic rings. The van der Waals surface area contributed by atoms with Crippen LogP contribution in [-0.2, 0) is 14.3 Å². The number of carboxylic acids is 1. The molecular formula is C20H28N2O6. The number of carbonyl (C=O) groups is 3. The Morgan fingerprint density at radius 2 is 1.96 bits per heavy atom. The molecule has 0 radical (unpaired) electrons. The fourth-order valence-corrected chi connectivity index (χ4v) is 3.13. The highest BCUT2D eigenvalue weighted by molar-refractivity contribution is 5.98. The smallest absolute Gasteiger partial charge is 0.317 e. The summed E-state index contributed by atoms with van der Waals surface area (Å²) in [4.78, 5) is 38.9. The fraction of sp³-hybridized carbons (Fsp3) is 0.550. The van der Waals surface area contributed by atoms with Crippen molar-refractivity contribution in [2.24, 2.45) is 0 Å². The second-order valence-electron chi connectivity index (χ2n) is 6.80. The van der Waals surface area contributed by atoms with Crippen molar-refractivity contribution in [3.05, 3.63) is 29.8 Å². The van der Waals surface area contributed by atoms with Gasteiger partial charge in [0.1, 0.15) is 5.75 Å². The monoisotopic (exact) mass is 392 g/mol. The maximum atomic E-state index is 12.5. The molecule has 1 saturated heterocycles. The van der Waals surface area contributed by atoms with Crippen LogP contribution in [0.2, 0.25) is 0 Å². The lowest BCUT2D eigenvalue weighted by molar-refractivity contribution is -0.142. The van der Waals surface area contributed by atoms with Crippen LogP contribution in [0.5, 0.6) is 5.75 Å². The molecule has 1 atom stereocenters. The summed E-state index contributed by atoms with van der Waals surface area (Å²) in [5, 5.41) is 8.83. The van der Waals surface area contributed by atoms with Crippen LogP contribution in [0.15, 0.2) is 24.3 Å². The summed E-state index contributed by atoms with van der Waals surface area (Å²) >= 11 is 0. The van der Waals surface area contributed by atoms with Crippen LogP contribution >= 0.6 is 0 Å². The van der Waals surface area contributed by atoms with Gasteiger partial charge in [0, 0.05) is 38.0 Å². The molecule has 8 heteroatoms. The van der Waals surface area contributed by atoms with Gasteiger partial charge >= 0.3 is 5.97 Å². The van der Waals surface area contributed by atoms with Crippen molar-refractivity contribution in [2.45, 2.75) is 25.9 Å². The SMILES string of the molecule is CCOc1ccc(C(=O)CCC(=O)N2CCOC(CN(C)CC(=O)O)C2)cc1. The van der Waals surface area contributed by atoms with E-state index >= 15 is 0 Å². The quantitative estimate of drug-likeness (QED) is 0.600. The molecule has 1 heterocycles. The van der Waals surface area contributed by atoms with E-state index in [1.54, 1.807) is 41.1 Å². The van der Waals surface area contributed by atoms with Gasteiger partial charge in [0.25, 0.3) is 0 Å². The number of aliphatic carboxylic acids is 1. The Morgan fingerprint density at radius 3 is 2.61 bits per heavy atom. The Balaban J connectivity index is 1.79. The molecule has 0 aromatic heterocycles. The number of hydrogen-bond acceptors (Lipinski definition) is 6. The van der Waals surface area contributed by atoms with Crippen LogP contribution in [-0.4, -0.2) is 85.1 Å². The standard InChI is InChI=1S/C20H28N2O6/c1-3-27-16-6-4-15(5-7-16)18(23)8-9-19(24)22-10-11-28-17(13-22)12-21(2)14-20(25)26/h4-7,17H,3,8-14H2,1-2H3,(H,25,26). The number of ether oxygens (including phenoxy) is 2. The van der Waals surface area contributed by atoms with Crippen LogP contribution in [0.25, 0.3) is 0 Å². The van der Waals surface area contributed by atoms with Crippen molar-refractivity contribution in [2.75, 3.05) is 46.4 Å². The third kappa shape index (κ3) is 6.94. The van der Waals surface area contributed by atoms with Gasteiger partial charge in [-0.05, 0) is 38.2 Å². The van der Waals surface area contributed by atoms with Gasteiger partial charge in [0.15, 0.2) is 5.78 Å². The highest BCUT2D eigenvalue weighted by Gasteiger charge is 2.25. The van der Waals surface area contributed by atoms with Crippen molar-refractivity contribution in [3.8, 4) is 5.75 Å². The molecule has 154 valence electrons. The maximum absolute atomic E-state index is 12.5. The lowest BCUT2D eigenvalue weighted by Crippen LogP contribution is -2.49. The Morgan fingerprint density at radius 1 is 1.25 bits per heavy atom. The number of Topliss-reactive ketones (excluding diaryl/α,β-unsaturated/α-hetero) is 1. The lowest BCUT2D eigenvalue weighted by atomic mass is 10.1. The average Bonchev–Trinajstić information content (AvgIpc) is 2.66. The van der Waals surface area contributed by atoms with Gasteiger partial charge in [-0.25, -0.2) is 0 Å². The third-order valence-electron chi connectivity index (χ3n) is 4.47. The van der Waals surface area contributed by atoms with Gasteiger partial charge in [-0.2, -0.15) is 0 Å². The van der Waals surface area contributed by atoms with Crippen molar-refractivity contribution >= 4 is 17.7 Å². The Labute approximate surface area is 165 Å². The van der Waals surface area contributed by atoms with Crippen LogP contribution < -0.4 is 4.74 Å². The van der Waals surface area contributed by atoms with Crippen molar-refractivity contribution in [1.82, 2.24) is 9.80 Å². The third-order valence-corrected chi connectivity index (χ3v) is 4.47. The number of nitrogens with zero attached hydrogens (tertiary/aromatic N) is 2. The molecule has 1 amide bonds. The van der Waals surface area contributed by atoms with Gasteiger partial charge in [-0.15, -0.1) is 0 Å². The van der Waals surface area contributed by atoms with E-state index in [-0.39, 0.29) is 37.2 Å². The first-order chi connectivity index (χ1) is 13.4. The largest absolute Gasteiger partial charge is 0.494 e. The summed E-state index contributed by atoms with van der Waals surface area (Å²) in [6, 6.07) is 6.92. The highest BCUT2D eigenvalue weighted by atomic mass is 16.5. The van der Waals surface area contributed by atoms with Gasteiger partial charge in [0.2, 0.25) is 5.91 Å². The Kier molecular flexibility index (Phi) is 8.41. The van der Waals surface area contributed by atoms with E-state index in [0.717, 1.165) is 0 Å². The number of benzene rings is 1. The topological polar surface area (TPSA) is 96.4 Å². The van der Waals surface area contributed by atoms with Crippen molar-refractivity contribution < 1.29 is 29.0 Å². The van der Waals surface area contributed by atoms with E-state index in [0.29, 0.717) is 44.2 Å². The predicted octanol–water partition coefficient (Wildman–Crippen LogP) is 1.29. The van der Waals surface area contributed by atoms with Crippen LogP contribution in [0.1, 0.15) is 30.1 Å². The molecular weight excluding hydrogens is 364 g/mol. The molecule has 8 nitrogen and oxygen atoms in total. The van der Waals surface area contributed by atoms with Crippen LogP contribution in [0.4, 0.5) is 0 Å². The molecule has 1 unspecified atom stereocenters. The van der Waals surface area contributed by atoms with E-state index in [1.165, 1.54) is 0 Å². The van der Waals surface area contributed by atoms with E-state index in [1.807, 2.05) is 6.92 Å². The first-order valence-electron chi connectivity index (χ1n) is 9.44. The van der Waals surface area contributed by atoms with Gasteiger partial charge in [0.05, 0.1) is 25.9 Å². The van der Waals surface area contributed by atoms with Crippen LogP contribution in [0, 0.1) is 0 Å². The van der Waals surface area contributed by atoms with Crippen LogP contribution in [0.3, 0.4) is 0 Å². The number of hydrogen-bond donors (Lipinski definition) is 1. The first kappa shape index (κ1) is 21.8. The molecule has 1 aliphatic heterocycles. The number of carbonyl (C=O) groups excluding carboxylic acids is 2. The molecule has 1 aromatic rings. The normalized spacial score (nSPS) is 16.8. The molecule has 1 fully saturated rings. The minimum atomic E-state index is -0.904. The first-order valence-corrected chi connectivity index (χ1v) is 9.44. The predicted molar refractivity (Wildman–Crippen MR) is 103 cm³/mol. The Hall–Kier alpha value is -2.45. The number of amides is 1. The number of morpholine rings is 1. The molecule has 2 rings (SSSR count). The van der Waals surface area contributed by atoms with Crippen molar-refractivity contribution in [3.63, 3.8) is 0 Å². The molecule has 28 heavy (non-hydrogen) atoms. The molecule has 1 aromatic carbocycles. The zero-order valence-electron chi connectivity index (χ0n) is 16.4. The van der Waals surface area contributed by atoms with Gasteiger partial charge < -0.3 is 19.5 Å². The summed E-state index contributed by atoms with van der Waals surface area (Å²) in [7, 11) is 1.70. The van der Waals surface area contributed by atoms with Crippen molar-refractivity contribution in [1.29, 1.82) is 0 Å². The summed E-state index contributed by atoms with van der Waals surface area (Å²) in [6.07, 6.45) is 0.0566. The highest BCUT2D eigenvalue weighted by Crippen LogP contribution is 2.15. The Bertz CT molecular complexity index is 676. The summed E-state index contributed by atoms with van der Waals surface area (Å²) in [5.41, 5.74) is 0.561.